The molecule has 0 aromatic heterocycles. The van der Waals surface area contributed by atoms with Crippen molar-refractivity contribution in [2.24, 2.45) is 0 Å². The van der Waals surface area contributed by atoms with Crippen molar-refractivity contribution in [1.82, 2.24) is 0 Å². The molecule has 4 heteroatoms. The fourth-order valence-electron chi connectivity index (χ4n) is 1.81. The van der Waals surface area contributed by atoms with Crippen LogP contribution < -0.4 is 5.73 Å². The number of hydrogen-bond acceptors (Lipinski definition) is 3. The standard InChI is InChI=1S/C14H20BNO2/c1-13(2)14(3,4)18-15(17-13)10-9-11-7-5-6-8-12(11)16/h5-10H,16H2,1-4H3/b10-9+. The Kier molecular flexibility index (Phi) is 3.26. The van der Waals surface area contributed by atoms with E-state index >= 15 is 0 Å². The first-order valence-corrected chi connectivity index (χ1v) is 6.20. The molecule has 18 heavy (non-hydrogen) atoms. The average molecular weight is 245 g/mol. The molecule has 0 saturated carbocycles. The van der Waals surface area contributed by atoms with Gasteiger partial charge in [0.25, 0.3) is 0 Å². The number of benzene rings is 1. The van der Waals surface area contributed by atoms with Crippen LogP contribution >= 0.6 is 0 Å². The van der Waals surface area contributed by atoms with Crippen LogP contribution in [0.3, 0.4) is 0 Å². The van der Waals surface area contributed by atoms with Crippen molar-refractivity contribution in [3.8, 4) is 0 Å². The Hall–Kier alpha value is -1.26. The molecule has 3 nitrogen and oxygen atoms in total. The molecule has 0 aliphatic carbocycles. The summed E-state index contributed by atoms with van der Waals surface area (Å²) in [4.78, 5) is 0. The second kappa shape index (κ2) is 4.45. The summed E-state index contributed by atoms with van der Waals surface area (Å²) in [5, 5.41) is 0. The van der Waals surface area contributed by atoms with Gasteiger partial charge in [-0.05, 0) is 39.3 Å². The fraction of sp³-hybridized carbons (Fsp3) is 0.429. The van der Waals surface area contributed by atoms with Gasteiger partial charge < -0.3 is 15.0 Å². The third kappa shape index (κ3) is 2.45. The van der Waals surface area contributed by atoms with Crippen molar-refractivity contribution >= 4 is 18.9 Å². The monoisotopic (exact) mass is 245 g/mol. The SMILES string of the molecule is CC1(C)OB(/C=C/c2ccccc2N)OC1(C)C. The zero-order chi connectivity index (χ0) is 13.4. The van der Waals surface area contributed by atoms with Gasteiger partial charge in [-0.3, -0.25) is 0 Å². The van der Waals surface area contributed by atoms with E-state index in [1.807, 2.05) is 64.0 Å². The number of anilines is 1. The highest BCUT2D eigenvalue weighted by Crippen LogP contribution is 2.37. The highest BCUT2D eigenvalue weighted by Gasteiger charge is 2.49. The van der Waals surface area contributed by atoms with Crippen molar-refractivity contribution in [3.05, 3.63) is 35.8 Å². The lowest BCUT2D eigenvalue weighted by molar-refractivity contribution is 0.00578. The minimum Gasteiger partial charge on any atom is -0.400 e. The number of nitrogen functional groups attached to an aromatic ring is 1. The Balaban J connectivity index is 2.11. The summed E-state index contributed by atoms with van der Waals surface area (Å²) in [6, 6.07) is 7.72. The summed E-state index contributed by atoms with van der Waals surface area (Å²) in [5.41, 5.74) is 7.01. The van der Waals surface area contributed by atoms with E-state index in [0.29, 0.717) is 0 Å². The molecule has 1 fully saturated rings. The summed E-state index contributed by atoms with van der Waals surface area (Å²) in [7, 11) is -0.324. The van der Waals surface area contributed by atoms with Gasteiger partial charge in [0, 0.05) is 5.69 Å². The molecule has 0 radical (unpaired) electrons. The van der Waals surface area contributed by atoms with Crippen molar-refractivity contribution in [2.75, 3.05) is 5.73 Å². The minimum absolute atomic E-state index is 0.301. The van der Waals surface area contributed by atoms with Crippen LogP contribution in [0.5, 0.6) is 0 Å². The molecule has 0 bridgehead atoms. The molecule has 1 aliphatic heterocycles. The number of hydrogen-bond donors (Lipinski definition) is 1. The van der Waals surface area contributed by atoms with Gasteiger partial charge in [-0.2, -0.15) is 0 Å². The van der Waals surface area contributed by atoms with Crippen LogP contribution in [-0.4, -0.2) is 18.3 Å². The first-order chi connectivity index (χ1) is 8.32. The van der Waals surface area contributed by atoms with E-state index < -0.39 is 0 Å². The van der Waals surface area contributed by atoms with Gasteiger partial charge in [0.1, 0.15) is 0 Å². The zero-order valence-electron chi connectivity index (χ0n) is 11.4. The Morgan fingerprint density at radius 1 is 1.06 bits per heavy atom. The maximum absolute atomic E-state index is 5.88. The molecule has 0 atom stereocenters. The topological polar surface area (TPSA) is 44.5 Å². The van der Waals surface area contributed by atoms with Gasteiger partial charge in [-0.15, -0.1) is 0 Å². The van der Waals surface area contributed by atoms with Crippen LogP contribution in [0.1, 0.15) is 33.3 Å². The van der Waals surface area contributed by atoms with E-state index in [1.54, 1.807) is 0 Å². The quantitative estimate of drug-likeness (QED) is 0.643. The summed E-state index contributed by atoms with van der Waals surface area (Å²) in [6.07, 6.45) is 1.94. The summed E-state index contributed by atoms with van der Waals surface area (Å²) >= 11 is 0. The number of para-hydroxylation sites is 1. The van der Waals surface area contributed by atoms with E-state index in [2.05, 4.69) is 0 Å². The van der Waals surface area contributed by atoms with Crippen molar-refractivity contribution < 1.29 is 9.31 Å². The Morgan fingerprint density at radius 2 is 1.61 bits per heavy atom. The summed E-state index contributed by atoms with van der Waals surface area (Å²) in [5.74, 6) is 1.90. The van der Waals surface area contributed by atoms with E-state index in [4.69, 9.17) is 15.0 Å². The highest BCUT2D eigenvalue weighted by molar-refractivity contribution is 6.52. The Morgan fingerprint density at radius 3 is 2.17 bits per heavy atom. The smallest absolute Gasteiger partial charge is 0.400 e. The van der Waals surface area contributed by atoms with E-state index in [9.17, 15) is 0 Å². The zero-order valence-corrected chi connectivity index (χ0v) is 11.4. The largest absolute Gasteiger partial charge is 0.487 e. The van der Waals surface area contributed by atoms with Gasteiger partial charge in [0.2, 0.25) is 0 Å². The second-order valence-corrected chi connectivity index (χ2v) is 5.61. The maximum Gasteiger partial charge on any atom is 0.487 e. The normalized spacial score (nSPS) is 21.7. The third-order valence-corrected chi connectivity index (χ3v) is 3.70. The van der Waals surface area contributed by atoms with Crippen LogP contribution in [0, 0.1) is 0 Å². The lowest BCUT2D eigenvalue weighted by Crippen LogP contribution is -2.41. The molecule has 2 N–H and O–H groups in total. The lowest BCUT2D eigenvalue weighted by atomic mass is 9.89. The molecular weight excluding hydrogens is 225 g/mol. The molecule has 0 spiro atoms. The predicted octanol–water partition coefficient (Wildman–Crippen LogP) is 2.91. The molecule has 2 rings (SSSR count). The fourth-order valence-corrected chi connectivity index (χ4v) is 1.81. The maximum atomic E-state index is 5.88. The van der Waals surface area contributed by atoms with Gasteiger partial charge in [-0.1, -0.05) is 30.3 Å². The molecule has 0 amide bonds. The van der Waals surface area contributed by atoms with Crippen molar-refractivity contribution in [3.63, 3.8) is 0 Å². The third-order valence-electron chi connectivity index (χ3n) is 3.70. The Bertz CT molecular complexity index is 453. The van der Waals surface area contributed by atoms with E-state index in [-0.39, 0.29) is 18.3 Å². The number of nitrogens with two attached hydrogens (primary N) is 1. The van der Waals surface area contributed by atoms with Crippen LogP contribution in [0.25, 0.3) is 6.08 Å². The molecule has 1 aromatic carbocycles. The lowest BCUT2D eigenvalue weighted by Gasteiger charge is -2.32. The molecule has 1 saturated heterocycles. The van der Waals surface area contributed by atoms with E-state index in [1.165, 1.54) is 0 Å². The molecule has 1 aromatic rings. The van der Waals surface area contributed by atoms with Gasteiger partial charge in [-0.25, -0.2) is 0 Å². The van der Waals surface area contributed by atoms with E-state index in [0.717, 1.165) is 11.3 Å². The van der Waals surface area contributed by atoms with Crippen LogP contribution in [0.2, 0.25) is 0 Å². The predicted molar refractivity (Wildman–Crippen MR) is 76.0 cm³/mol. The minimum atomic E-state index is -0.324. The van der Waals surface area contributed by atoms with Gasteiger partial charge >= 0.3 is 7.12 Å². The first-order valence-electron chi connectivity index (χ1n) is 6.20. The highest BCUT2D eigenvalue weighted by atomic mass is 16.7. The summed E-state index contributed by atoms with van der Waals surface area (Å²) < 4.78 is 11.8. The first kappa shape index (κ1) is 13.2. The number of rotatable bonds is 2. The van der Waals surface area contributed by atoms with Crippen molar-refractivity contribution in [2.45, 2.75) is 38.9 Å². The molecular formula is C14H20BNO2. The molecule has 96 valence electrons. The molecule has 1 aliphatic rings. The van der Waals surface area contributed by atoms with Crippen LogP contribution in [0.15, 0.2) is 30.2 Å². The van der Waals surface area contributed by atoms with Crippen LogP contribution in [-0.2, 0) is 9.31 Å². The Labute approximate surface area is 109 Å². The van der Waals surface area contributed by atoms with Gasteiger partial charge in [0.05, 0.1) is 11.2 Å². The van der Waals surface area contributed by atoms with Gasteiger partial charge in [0.15, 0.2) is 0 Å². The molecule has 0 unspecified atom stereocenters. The van der Waals surface area contributed by atoms with Crippen molar-refractivity contribution in [1.29, 1.82) is 0 Å². The average Bonchev–Trinajstić information content (AvgIpc) is 2.46. The van der Waals surface area contributed by atoms with Crippen LogP contribution in [0.4, 0.5) is 5.69 Å². The summed E-state index contributed by atoms with van der Waals surface area (Å²) in [6.45, 7) is 8.16. The second-order valence-electron chi connectivity index (χ2n) is 5.61. The molecule has 1 heterocycles.